The van der Waals surface area contributed by atoms with E-state index in [-0.39, 0.29) is 17.9 Å². The number of hydrogen-bond donors (Lipinski definition) is 2. The van der Waals surface area contributed by atoms with Gasteiger partial charge in [0.25, 0.3) is 11.8 Å². The second-order valence-electron chi connectivity index (χ2n) is 7.91. The molecule has 0 bridgehead atoms. The zero-order chi connectivity index (χ0) is 23.0. The van der Waals surface area contributed by atoms with Gasteiger partial charge in [-0.2, -0.15) is 5.10 Å². The van der Waals surface area contributed by atoms with E-state index in [2.05, 4.69) is 15.7 Å². The molecule has 0 atom stereocenters. The van der Waals surface area contributed by atoms with Crippen molar-refractivity contribution in [3.63, 3.8) is 0 Å². The predicted octanol–water partition coefficient (Wildman–Crippen LogP) is 4.50. The fourth-order valence-corrected chi connectivity index (χ4v) is 3.65. The molecule has 3 aromatic heterocycles. The molecule has 3 heterocycles. The molecule has 4 rings (SSSR count). The maximum absolute atomic E-state index is 13.3. The van der Waals surface area contributed by atoms with Crippen LogP contribution in [-0.4, -0.2) is 33.6 Å². The number of benzene rings is 1. The fourth-order valence-electron chi connectivity index (χ4n) is 3.65. The molecular weight excluding hydrogens is 406 g/mol. The summed E-state index contributed by atoms with van der Waals surface area (Å²) in [6.45, 7) is 7.79. The van der Waals surface area contributed by atoms with Crippen LogP contribution in [0.15, 0.2) is 47.0 Å². The van der Waals surface area contributed by atoms with Crippen molar-refractivity contribution in [1.29, 1.82) is 0 Å². The van der Waals surface area contributed by atoms with Crippen LogP contribution in [0.3, 0.4) is 0 Å². The van der Waals surface area contributed by atoms with E-state index in [9.17, 15) is 9.59 Å². The molecule has 0 saturated heterocycles. The summed E-state index contributed by atoms with van der Waals surface area (Å²) in [5, 5.41) is 10.6. The van der Waals surface area contributed by atoms with Gasteiger partial charge in [0.15, 0.2) is 5.65 Å². The van der Waals surface area contributed by atoms with Gasteiger partial charge in [-0.15, -0.1) is 0 Å². The molecule has 0 aliphatic heterocycles. The molecule has 164 valence electrons. The van der Waals surface area contributed by atoms with Crippen molar-refractivity contribution >= 4 is 28.5 Å². The number of nitrogens with one attached hydrogen (secondary N) is 2. The van der Waals surface area contributed by atoms with Crippen molar-refractivity contribution in [1.82, 2.24) is 20.1 Å². The van der Waals surface area contributed by atoms with Crippen molar-refractivity contribution in [2.45, 2.75) is 33.7 Å². The summed E-state index contributed by atoms with van der Waals surface area (Å²) in [7, 11) is 1.57. The highest BCUT2D eigenvalue weighted by Crippen LogP contribution is 2.30. The molecule has 0 unspecified atom stereocenters. The number of hydrogen-bond acceptors (Lipinski definition) is 5. The van der Waals surface area contributed by atoms with Gasteiger partial charge in [0.1, 0.15) is 11.5 Å². The molecular formula is C24H25N5O3. The molecule has 0 radical (unpaired) electrons. The minimum atomic E-state index is -0.285. The summed E-state index contributed by atoms with van der Waals surface area (Å²) in [5.41, 5.74) is 3.68. The van der Waals surface area contributed by atoms with Gasteiger partial charge in [0.2, 0.25) is 0 Å². The quantitative estimate of drug-likeness (QED) is 0.484. The first-order valence-electron chi connectivity index (χ1n) is 10.4. The Morgan fingerprint density at radius 1 is 1.06 bits per heavy atom. The van der Waals surface area contributed by atoms with Crippen LogP contribution in [0.1, 0.15) is 52.1 Å². The van der Waals surface area contributed by atoms with E-state index >= 15 is 0 Å². The summed E-state index contributed by atoms with van der Waals surface area (Å²) < 4.78 is 7.48. The highest BCUT2D eigenvalue weighted by Gasteiger charge is 2.20. The molecule has 1 aromatic carbocycles. The maximum Gasteiger partial charge on any atom is 0.256 e. The third-order valence-corrected chi connectivity index (χ3v) is 5.25. The van der Waals surface area contributed by atoms with Gasteiger partial charge in [-0.25, -0.2) is 9.67 Å². The zero-order valence-electron chi connectivity index (χ0n) is 18.7. The van der Waals surface area contributed by atoms with E-state index in [0.29, 0.717) is 33.5 Å². The number of aromatic nitrogens is 3. The lowest BCUT2D eigenvalue weighted by atomic mass is 10.1. The van der Waals surface area contributed by atoms with Gasteiger partial charge in [0.05, 0.1) is 22.8 Å². The molecule has 0 aliphatic rings. The van der Waals surface area contributed by atoms with E-state index in [1.807, 2.05) is 33.8 Å². The summed E-state index contributed by atoms with van der Waals surface area (Å²) in [5.74, 6) is 1.04. The molecule has 32 heavy (non-hydrogen) atoms. The number of carbonyl (C=O) groups excluding carboxylic acids is 2. The van der Waals surface area contributed by atoms with E-state index in [1.165, 1.54) is 0 Å². The summed E-state index contributed by atoms with van der Waals surface area (Å²) >= 11 is 0. The number of pyridine rings is 1. The summed E-state index contributed by atoms with van der Waals surface area (Å²) in [6, 6.07) is 10.5. The maximum atomic E-state index is 13.3. The zero-order valence-corrected chi connectivity index (χ0v) is 18.7. The molecule has 8 heteroatoms. The lowest BCUT2D eigenvalue weighted by Crippen LogP contribution is -2.18. The van der Waals surface area contributed by atoms with Gasteiger partial charge in [0, 0.05) is 29.9 Å². The standard InChI is InChI=1S/C24H25N5O3/c1-13(2)29-22-20(12-26-29)19(11-21(28-22)18-10-14(3)32-15(18)4)24(31)27-17-8-6-16(7-9-17)23(30)25-5/h6-13H,1-5H3,(H,25,30)(H,27,31). The molecule has 8 nitrogen and oxygen atoms in total. The van der Waals surface area contributed by atoms with Gasteiger partial charge < -0.3 is 15.1 Å². The molecule has 0 fully saturated rings. The van der Waals surface area contributed by atoms with Crippen LogP contribution in [-0.2, 0) is 0 Å². The van der Waals surface area contributed by atoms with Crippen LogP contribution in [0, 0.1) is 13.8 Å². The fraction of sp³-hybridized carbons (Fsp3) is 0.250. The second kappa shape index (κ2) is 8.30. The Morgan fingerprint density at radius 3 is 2.38 bits per heavy atom. The number of nitrogens with zero attached hydrogens (tertiary/aromatic N) is 3. The molecule has 0 aliphatic carbocycles. The largest absolute Gasteiger partial charge is 0.466 e. The van der Waals surface area contributed by atoms with Gasteiger partial charge in [-0.05, 0) is 64.1 Å². The molecule has 0 saturated carbocycles. The second-order valence-corrected chi connectivity index (χ2v) is 7.91. The van der Waals surface area contributed by atoms with Crippen LogP contribution in [0.25, 0.3) is 22.3 Å². The highest BCUT2D eigenvalue weighted by atomic mass is 16.3. The summed E-state index contributed by atoms with van der Waals surface area (Å²) in [4.78, 5) is 29.8. The number of anilines is 1. The Hall–Kier alpha value is -3.94. The van der Waals surface area contributed by atoms with E-state index < -0.39 is 0 Å². The SMILES string of the molecule is CNC(=O)c1ccc(NC(=O)c2cc(-c3cc(C)oc3C)nc3c2cnn3C(C)C)cc1. The monoisotopic (exact) mass is 431 g/mol. The van der Waals surface area contributed by atoms with Crippen LogP contribution in [0.4, 0.5) is 5.69 Å². The Labute approximate surface area is 185 Å². The Bertz CT molecular complexity index is 1320. The molecule has 0 spiro atoms. The van der Waals surface area contributed by atoms with Crippen LogP contribution in [0.2, 0.25) is 0 Å². The first-order valence-corrected chi connectivity index (χ1v) is 10.4. The molecule has 2 amide bonds. The minimum absolute atomic E-state index is 0.0793. The highest BCUT2D eigenvalue weighted by molar-refractivity contribution is 6.12. The van der Waals surface area contributed by atoms with E-state index in [0.717, 1.165) is 17.1 Å². The number of fused-ring (bicyclic) bond motifs is 1. The van der Waals surface area contributed by atoms with E-state index in [1.54, 1.807) is 48.3 Å². The van der Waals surface area contributed by atoms with E-state index in [4.69, 9.17) is 9.40 Å². The topological polar surface area (TPSA) is 102 Å². The van der Waals surface area contributed by atoms with Gasteiger partial charge in [-0.3, -0.25) is 9.59 Å². The van der Waals surface area contributed by atoms with Gasteiger partial charge >= 0.3 is 0 Å². The lowest BCUT2D eigenvalue weighted by Gasteiger charge is -2.11. The number of carbonyl (C=O) groups is 2. The van der Waals surface area contributed by atoms with Crippen molar-refractivity contribution in [2.24, 2.45) is 0 Å². The van der Waals surface area contributed by atoms with Crippen LogP contribution >= 0.6 is 0 Å². The number of aryl methyl sites for hydroxylation is 2. The number of furan rings is 1. The normalized spacial score (nSPS) is 11.2. The van der Waals surface area contributed by atoms with Crippen molar-refractivity contribution in [3.8, 4) is 11.3 Å². The predicted molar refractivity (Wildman–Crippen MR) is 123 cm³/mol. The molecule has 2 N–H and O–H groups in total. The first kappa shape index (κ1) is 21.3. The average Bonchev–Trinajstić information content (AvgIpc) is 3.35. The Balaban J connectivity index is 1.77. The first-order chi connectivity index (χ1) is 15.3. The van der Waals surface area contributed by atoms with Crippen molar-refractivity contribution < 1.29 is 14.0 Å². The third-order valence-electron chi connectivity index (χ3n) is 5.25. The minimum Gasteiger partial charge on any atom is -0.466 e. The number of rotatable bonds is 5. The third kappa shape index (κ3) is 3.87. The Kier molecular flexibility index (Phi) is 5.52. The number of amides is 2. The lowest BCUT2D eigenvalue weighted by molar-refractivity contribution is 0.0962. The van der Waals surface area contributed by atoms with Gasteiger partial charge in [-0.1, -0.05) is 0 Å². The Morgan fingerprint density at radius 2 is 1.78 bits per heavy atom. The smallest absolute Gasteiger partial charge is 0.256 e. The average molecular weight is 431 g/mol. The van der Waals surface area contributed by atoms with Crippen LogP contribution < -0.4 is 10.6 Å². The van der Waals surface area contributed by atoms with Crippen molar-refractivity contribution in [2.75, 3.05) is 12.4 Å². The summed E-state index contributed by atoms with van der Waals surface area (Å²) in [6.07, 6.45) is 1.67. The molecule has 4 aromatic rings. The van der Waals surface area contributed by atoms with Crippen LogP contribution in [0.5, 0.6) is 0 Å². The van der Waals surface area contributed by atoms with Crippen molar-refractivity contribution in [3.05, 3.63) is 65.2 Å².